The van der Waals surface area contributed by atoms with Crippen LogP contribution >= 0.6 is 7.82 Å². The van der Waals surface area contributed by atoms with Gasteiger partial charge in [-0.25, -0.2) is 4.57 Å². The molecule has 3 aromatic carbocycles. The highest BCUT2D eigenvalue weighted by molar-refractivity contribution is 7.48. The van der Waals surface area contributed by atoms with Gasteiger partial charge in [0.2, 0.25) is 5.91 Å². The van der Waals surface area contributed by atoms with Gasteiger partial charge in [0.25, 0.3) is 0 Å². The van der Waals surface area contributed by atoms with Gasteiger partial charge in [-0.15, -0.1) is 0 Å². The second-order valence-corrected chi connectivity index (χ2v) is 12.0. The van der Waals surface area contributed by atoms with Crippen molar-refractivity contribution < 1.29 is 27.7 Å². The third-order valence-electron chi connectivity index (χ3n) is 7.01. The lowest BCUT2D eigenvalue weighted by atomic mass is 10.1. The zero-order chi connectivity index (χ0) is 28.8. The lowest BCUT2D eigenvalue weighted by Gasteiger charge is -2.39. The van der Waals surface area contributed by atoms with Crippen LogP contribution in [0.5, 0.6) is 5.75 Å². The summed E-state index contributed by atoms with van der Waals surface area (Å²) in [7, 11) is -3.86. The molecule has 0 aromatic heterocycles. The summed E-state index contributed by atoms with van der Waals surface area (Å²) in [5.74, 6) is 0.911. The minimum absolute atomic E-state index is 0.0440. The molecular formula is C33H42NO6P. The molecule has 1 saturated heterocycles. The molecule has 1 aliphatic rings. The highest BCUT2D eigenvalue weighted by Gasteiger charge is 2.39. The maximum Gasteiger partial charge on any atom is 0.475 e. The predicted octanol–water partition coefficient (Wildman–Crippen LogP) is 7.74. The van der Waals surface area contributed by atoms with Crippen molar-refractivity contribution in [2.24, 2.45) is 0 Å². The monoisotopic (exact) mass is 579 g/mol. The summed E-state index contributed by atoms with van der Waals surface area (Å²) in [6.07, 6.45) is 6.71. The molecule has 1 aliphatic heterocycles. The van der Waals surface area contributed by atoms with Gasteiger partial charge >= 0.3 is 7.82 Å². The van der Waals surface area contributed by atoms with Gasteiger partial charge in [-0.3, -0.25) is 18.4 Å². The number of likely N-dealkylation sites (tertiary alicyclic amines) is 1. The van der Waals surface area contributed by atoms with E-state index >= 15 is 0 Å². The third kappa shape index (κ3) is 10.8. The maximum atomic E-state index is 13.5. The fourth-order valence-corrected chi connectivity index (χ4v) is 5.81. The van der Waals surface area contributed by atoms with E-state index in [9.17, 15) is 9.36 Å². The van der Waals surface area contributed by atoms with Gasteiger partial charge in [0.05, 0.1) is 19.8 Å². The number of aryl methyl sites for hydroxylation is 1. The molecule has 220 valence electrons. The topological polar surface area (TPSA) is 74.3 Å². The number of rotatable bonds is 18. The molecular weight excluding hydrogens is 537 g/mol. The molecule has 8 heteroatoms. The van der Waals surface area contributed by atoms with E-state index in [1.54, 1.807) is 4.90 Å². The molecule has 0 bridgehead atoms. The van der Waals surface area contributed by atoms with Crippen LogP contribution in [0.4, 0.5) is 0 Å². The van der Waals surface area contributed by atoms with Crippen LogP contribution in [0, 0.1) is 0 Å². The van der Waals surface area contributed by atoms with E-state index in [0.717, 1.165) is 35.5 Å². The van der Waals surface area contributed by atoms with Crippen LogP contribution in [0.1, 0.15) is 62.1 Å². The van der Waals surface area contributed by atoms with Gasteiger partial charge in [0.1, 0.15) is 11.9 Å². The van der Waals surface area contributed by atoms with Crippen LogP contribution in [0.3, 0.4) is 0 Å². The van der Waals surface area contributed by atoms with Gasteiger partial charge in [-0.2, -0.15) is 0 Å². The zero-order valence-corrected chi connectivity index (χ0v) is 24.9. The van der Waals surface area contributed by atoms with Crippen LogP contribution in [0.15, 0.2) is 84.9 Å². The molecule has 0 aliphatic carbocycles. The number of hydrogen-bond donors (Lipinski definition) is 0. The minimum Gasteiger partial charge on any atom is -0.494 e. The number of phosphoric acid groups is 1. The number of amides is 1. The molecule has 1 fully saturated rings. The first-order chi connectivity index (χ1) is 20.0. The summed E-state index contributed by atoms with van der Waals surface area (Å²) in [5.41, 5.74) is 2.83. The zero-order valence-electron chi connectivity index (χ0n) is 24.0. The first-order valence-electron chi connectivity index (χ1n) is 14.7. The van der Waals surface area contributed by atoms with Gasteiger partial charge in [0.15, 0.2) is 0 Å². The van der Waals surface area contributed by atoms with Gasteiger partial charge in [-0.05, 0) is 41.7 Å². The van der Waals surface area contributed by atoms with Gasteiger partial charge < -0.3 is 9.64 Å². The number of carbonyl (C=O) groups is 1. The number of carbonyl (C=O) groups excluding carboxylic acids is 1. The Morgan fingerprint density at radius 3 is 1.95 bits per heavy atom. The number of benzene rings is 3. The van der Waals surface area contributed by atoms with E-state index in [1.807, 2.05) is 84.9 Å². The van der Waals surface area contributed by atoms with E-state index in [1.165, 1.54) is 25.7 Å². The number of phosphoric ester groups is 1. The first kappa shape index (κ1) is 31.0. The summed E-state index contributed by atoms with van der Waals surface area (Å²) >= 11 is 0. The minimum atomic E-state index is -3.86. The van der Waals surface area contributed by atoms with Crippen LogP contribution in [0.25, 0.3) is 0 Å². The highest BCUT2D eigenvalue weighted by atomic mass is 31.2. The van der Waals surface area contributed by atoms with Crippen LogP contribution in [-0.2, 0) is 42.6 Å². The summed E-state index contributed by atoms with van der Waals surface area (Å²) in [5, 5.41) is 0. The van der Waals surface area contributed by atoms with Gasteiger partial charge in [0, 0.05) is 19.5 Å². The molecule has 41 heavy (non-hydrogen) atoms. The van der Waals surface area contributed by atoms with Crippen molar-refractivity contribution in [1.82, 2.24) is 4.90 Å². The van der Waals surface area contributed by atoms with E-state index in [0.29, 0.717) is 25.9 Å². The van der Waals surface area contributed by atoms with Crippen LogP contribution in [0.2, 0.25) is 0 Å². The summed E-state index contributed by atoms with van der Waals surface area (Å²) in [4.78, 5) is 14.5. The van der Waals surface area contributed by atoms with E-state index < -0.39 is 13.9 Å². The SMILES string of the molecule is CCCCCCCOc1ccc(CCC(=O)N2CC(OP(=O)(OCc3ccccc3)OCc3ccccc3)C2)cc1. The van der Waals surface area contributed by atoms with Crippen molar-refractivity contribution >= 4 is 13.7 Å². The van der Waals surface area contributed by atoms with Crippen LogP contribution < -0.4 is 4.74 Å². The Kier molecular flexibility index (Phi) is 12.5. The van der Waals surface area contributed by atoms with E-state index in [4.69, 9.17) is 18.3 Å². The Morgan fingerprint density at radius 2 is 1.37 bits per heavy atom. The highest BCUT2D eigenvalue weighted by Crippen LogP contribution is 2.53. The molecule has 0 saturated carbocycles. The number of nitrogens with zero attached hydrogens (tertiary/aromatic N) is 1. The Bertz CT molecular complexity index is 1170. The average molecular weight is 580 g/mol. The maximum absolute atomic E-state index is 13.5. The lowest BCUT2D eigenvalue weighted by molar-refractivity contribution is -0.141. The molecule has 0 atom stereocenters. The fraction of sp³-hybridized carbons (Fsp3) is 0.424. The number of unbranched alkanes of at least 4 members (excludes halogenated alkanes) is 4. The molecule has 7 nitrogen and oxygen atoms in total. The smallest absolute Gasteiger partial charge is 0.475 e. The van der Waals surface area contributed by atoms with Crippen molar-refractivity contribution in [2.45, 2.75) is 71.2 Å². The normalized spacial score (nSPS) is 13.6. The molecule has 0 unspecified atom stereocenters. The molecule has 0 spiro atoms. The quantitative estimate of drug-likeness (QED) is 0.113. The summed E-state index contributed by atoms with van der Waals surface area (Å²) in [6, 6.07) is 26.9. The second-order valence-electron chi connectivity index (χ2n) is 10.4. The Morgan fingerprint density at radius 1 is 0.780 bits per heavy atom. The standard InChI is InChI=1S/C33H42NO6P/c1-2-3-4-5-12-23-37-31-20-17-28(18-21-31)19-22-33(35)34-24-32(25-34)40-41(36,38-26-29-13-8-6-9-14-29)39-27-30-15-10-7-11-16-30/h6-11,13-18,20-21,32H,2-5,12,19,22-27H2,1H3. The first-order valence-corrected chi connectivity index (χ1v) is 16.1. The second kappa shape index (κ2) is 16.5. The molecule has 0 N–H and O–H groups in total. The van der Waals surface area contributed by atoms with E-state index in [2.05, 4.69) is 6.92 Å². The lowest BCUT2D eigenvalue weighted by Crippen LogP contribution is -2.54. The van der Waals surface area contributed by atoms with Crippen molar-refractivity contribution in [3.05, 3.63) is 102 Å². The summed E-state index contributed by atoms with van der Waals surface area (Å²) < 4.78 is 36.6. The Labute approximate surface area is 244 Å². The molecule has 1 amide bonds. The average Bonchev–Trinajstić information content (AvgIpc) is 2.99. The summed E-state index contributed by atoms with van der Waals surface area (Å²) in [6.45, 7) is 3.87. The van der Waals surface area contributed by atoms with E-state index in [-0.39, 0.29) is 19.1 Å². The number of hydrogen-bond acceptors (Lipinski definition) is 6. The van der Waals surface area contributed by atoms with Crippen molar-refractivity contribution in [2.75, 3.05) is 19.7 Å². The predicted molar refractivity (Wildman–Crippen MR) is 161 cm³/mol. The van der Waals surface area contributed by atoms with Crippen LogP contribution in [-0.4, -0.2) is 36.6 Å². The Balaban J connectivity index is 1.19. The molecule has 1 heterocycles. The molecule has 3 aromatic rings. The molecule has 4 rings (SSSR count). The van der Waals surface area contributed by atoms with Crippen molar-refractivity contribution in [3.8, 4) is 5.75 Å². The molecule has 0 radical (unpaired) electrons. The van der Waals surface area contributed by atoms with Crippen molar-refractivity contribution in [1.29, 1.82) is 0 Å². The fourth-order valence-electron chi connectivity index (χ4n) is 4.50. The third-order valence-corrected chi connectivity index (χ3v) is 8.46. The van der Waals surface area contributed by atoms with Crippen molar-refractivity contribution in [3.63, 3.8) is 0 Å². The Hall–Kier alpha value is -2.96. The van der Waals surface area contributed by atoms with Gasteiger partial charge in [-0.1, -0.05) is 105 Å². The largest absolute Gasteiger partial charge is 0.494 e. The number of ether oxygens (including phenoxy) is 1.